The molecule has 1 heterocycles. The third kappa shape index (κ3) is 2.99. The fourth-order valence-electron chi connectivity index (χ4n) is 2.31. The van der Waals surface area contributed by atoms with Gasteiger partial charge in [0.25, 0.3) is 5.91 Å². The van der Waals surface area contributed by atoms with Crippen molar-refractivity contribution in [2.24, 2.45) is 5.92 Å². The summed E-state index contributed by atoms with van der Waals surface area (Å²) in [4.78, 5) is 18.9. The van der Waals surface area contributed by atoms with Crippen molar-refractivity contribution in [3.05, 3.63) is 36.0 Å². The van der Waals surface area contributed by atoms with E-state index in [1.165, 1.54) is 0 Å². The molecular weight excluding hydrogens is 262 g/mol. The van der Waals surface area contributed by atoms with Crippen LogP contribution in [0, 0.1) is 5.92 Å². The monoisotopic (exact) mass is 285 g/mol. The molecule has 0 fully saturated rings. The van der Waals surface area contributed by atoms with Gasteiger partial charge in [-0.3, -0.25) is 4.79 Å². The molecular formula is C17H23N3O. The highest BCUT2D eigenvalue weighted by Crippen LogP contribution is 2.23. The molecule has 2 rings (SSSR count). The Morgan fingerprint density at radius 1 is 1.24 bits per heavy atom. The van der Waals surface area contributed by atoms with Gasteiger partial charge in [0.1, 0.15) is 11.5 Å². The molecule has 0 aliphatic carbocycles. The number of benzene rings is 1. The van der Waals surface area contributed by atoms with Gasteiger partial charge in [0, 0.05) is 25.5 Å². The third-order valence-corrected chi connectivity index (χ3v) is 4.09. The lowest BCUT2D eigenvalue weighted by atomic mass is 10.0. The Morgan fingerprint density at radius 2 is 1.90 bits per heavy atom. The van der Waals surface area contributed by atoms with Crippen molar-refractivity contribution in [2.45, 2.75) is 26.8 Å². The highest BCUT2D eigenvalue weighted by Gasteiger charge is 2.21. The molecule has 1 amide bonds. The number of fused-ring (bicyclic) bond motifs is 1. The van der Waals surface area contributed by atoms with E-state index in [0.717, 1.165) is 16.6 Å². The van der Waals surface area contributed by atoms with E-state index in [9.17, 15) is 4.79 Å². The number of carbonyl (C=O) groups excluding carboxylic acids is 1. The van der Waals surface area contributed by atoms with Crippen LogP contribution in [0.2, 0.25) is 0 Å². The molecule has 0 radical (unpaired) electrons. The smallest absolute Gasteiger partial charge is 0.272 e. The van der Waals surface area contributed by atoms with Crippen molar-refractivity contribution in [1.29, 1.82) is 0 Å². The molecule has 0 aliphatic heterocycles. The van der Waals surface area contributed by atoms with Crippen LogP contribution in [0.4, 0.5) is 5.82 Å². The topological polar surface area (TPSA) is 45.2 Å². The van der Waals surface area contributed by atoms with Crippen LogP contribution in [0.1, 0.15) is 31.3 Å². The van der Waals surface area contributed by atoms with Crippen LogP contribution in [0.3, 0.4) is 0 Å². The summed E-state index contributed by atoms with van der Waals surface area (Å²) < 4.78 is 0. The zero-order valence-corrected chi connectivity index (χ0v) is 13.3. The summed E-state index contributed by atoms with van der Waals surface area (Å²) >= 11 is 0. The Labute approximate surface area is 126 Å². The number of carbonyl (C=O) groups is 1. The summed E-state index contributed by atoms with van der Waals surface area (Å²) in [5.41, 5.74) is 0.480. The minimum Gasteiger partial charge on any atom is -0.373 e. The maximum absolute atomic E-state index is 12.6. The summed E-state index contributed by atoms with van der Waals surface area (Å²) in [5.74, 6) is 1.10. The summed E-state index contributed by atoms with van der Waals surface area (Å²) in [5, 5.41) is 5.12. The molecule has 0 aliphatic rings. The van der Waals surface area contributed by atoms with Gasteiger partial charge in [-0.25, -0.2) is 4.98 Å². The molecule has 1 unspecified atom stereocenters. The largest absolute Gasteiger partial charge is 0.373 e. The number of nitrogens with zero attached hydrogens (tertiary/aromatic N) is 2. The van der Waals surface area contributed by atoms with Crippen LogP contribution < -0.4 is 5.32 Å². The Kier molecular flexibility index (Phi) is 4.46. The molecule has 4 heteroatoms. The minimum atomic E-state index is -0.0431. The molecule has 0 saturated heterocycles. The van der Waals surface area contributed by atoms with E-state index in [-0.39, 0.29) is 11.9 Å². The van der Waals surface area contributed by atoms with Gasteiger partial charge in [0.05, 0.1) is 0 Å². The minimum absolute atomic E-state index is 0.0431. The molecule has 0 saturated carbocycles. The zero-order valence-electron chi connectivity index (χ0n) is 13.3. The number of rotatable bonds is 4. The van der Waals surface area contributed by atoms with Gasteiger partial charge in [-0.1, -0.05) is 38.1 Å². The van der Waals surface area contributed by atoms with Gasteiger partial charge >= 0.3 is 0 Å². The van der Waals surface area contributed by atoms with Gasteiger partial charge in [-0.2, -0.15) is 0 Å². The van der Waals surface area contributed by atoms with Crippen LogP contribution >= 0.6 is 0 Å². The lowest BCUT2D eigenvalue weighted by molar-refractivity contribution is 0.0701. The second-order valence-corrected chi connectivity index (χ2v) is 5.73. The van der Waals surface area contributed by atoms with Gasteiger partial charge in [0.2, 0.25) is 0 Å². The number of amides is 1. The second-order valence-electron chi connectivity index (χ2n) is 5.73. The van der Waals surface area contributed by atoms with Crippen molar-refractivity contribution >= 4 is 22.5 Å². The van der Waals surface area contributed by atoms with Gasteiger partial charge in [-0.05, 0) is 24.3 Å². The zero-order chi connectivity index (χ0) is 15.6. The van der Waals surface area contributed by atoms with E-state index in [1.807, 2.05) is 44.4 Å². The summed E-state index contributed by atoms with van der Waals surface area (Å²) in [7, 11) is 3.66. The number of nitrogens with one attached hydrogen (secondary N) is 1. The van der Waals surface area contributed by atoms with E-state index in [1.54, 1.807) is 4.90 Å². The molecule has 1 N–H and O–H groups in total. The summed E-state index contributed by atoms with van der Waals surface area (Å²) in [6, 6.07) is 9.98. The SMILES string of the molecule is CNc1nc(C(=O)N(C)C(C)C(C)C)cc2ccccc12. The van der Waals surface area contributed by atoms with Crippen LogP contribution in [0.25, 0.3) is 10.8 Å². The number of hydrogen-bond acceptors (Lipinski definition) is 3. The first kappa shape index (κ1) is 15.3. The fraction of sp³-hybridized carbons (Fsp3) is 0.412. The molecule has 1 aromatic carbocycles. The highest BCUT2D eigenvalue weighted by atomic mass is 16.2. The number of anilines is 1. The average Bonchev–Trinajstić information content (AvgIpc) is 2.51. The van der Waals surface area contributed by atoms with Crippen LogP contribution in [-0.4, -0.2) is 35.9 Å². The van der Waals surface area contributed by atoms with E-state index < -0.39 is 0 Å². The van der Waals surface area contributed by atoms with E-state index in [4.69, 9.17) is 0 Å². The first-order valence-corrected chi connectivity index (χ1v) is 7.30. The molecule has 0 bridgehead atoms. The molecule has 2 aromatic rings. The van der Waals surface area contributed by atoms with Crippen LogP contribution in [-0.2, 0) is 0 Å². The second kappa shape index (κ2) is 6.12. The van der Waals surface area contributed by atoms with Gasteiger partial charge < -0.3 is 10.2 Å². The van der Waals surface area contributed by atoms with Crippen LogP contribution in [0.5, 0.6) is 0 Å². The van der Waals surface area contributed by atoms with Crippen molar-refractivity contribution in [2.75, 3.05) is 19.4 Å². The normalized spacial score (nSPS) is 12.5. The van der Waals surface area contributed by atoms with Crippen molar-refractivity contribution in [1.82, 2.24) is 9.88 Å². The maximum atomic E-state index is 12.6. The first-order valence-electron chi connectivity index (χ1n) is 7.30. The van der Waals surface area contributed by atoms with Gasteiger partial charge in [0.15, 0.2) is 0 Å². The number of aromatic nitrogens is 1. The fourth-order valence-corrected chi connectivity index (χ4v) is 2.31. The van der Waals surface area contributed by atoms with E-state index in [0.29, 0.717) is 11.6 Å². The predicted octanol–water partition coefficient (Wildman–Crippen LogP) is 3.39. The van der Waals surface area contributed by atoms with E-state index >= 15 is 0 Å². The summed E-state index contributed by atoms with van der Waals surface area (Å²) in [6.45, 7) is 6.28. The highest BCUT2D eigenvalue weighted by molar-refractivity contribution is 6.00. The molecule has 0 spiro atoms. The van der Waals surface area contributed by atoms with Crippen molar-refractivity contribution in [3.8, 4) is 0 Å². The average molecular weight is 285 g/mol. The lowest BCUT2D eigenvalue weighted by Crippen LogP contribution is -2.38. The van der Waals surface area contributed by atoms with Crippen molar-refractivity contribution < 1.29 is 4.79 Å². The number of pyridine rings is 1. The van der Waals surface area contributed by atoms with Gasteiger partial charge in [-0.15, -0.1) is 0 Å². The Morgan fingerprint density at radius 3 is 2.52 bits per heavy atom. The third-order valence-electron chi connectivity index (χ3n) is 4.09. The Balaban J connectivity index is 2.44. The quantitative estimate of drug-likeness (QED) is 0.936. The molecule has 1 aromatic heterocycles. The predicted molar refractivity (Wildman–Crippen MR) is 87.7 cm³/mol. The van der Waals surface area contributed by atoms with Crippen LogP contribution in [0.15, 0.2) is 30.3 Å². The maximum Gasteiger partial charge on any atom is 0.272 e. The van der Waals surface area contributed by atoms with E-state index in [2.05, 4.69) is 31.1 Å². The van der Waals surface area contributed by atoms with Crippen molar-refractivity contribution in [3.63, 3.8) is 0 Å². The molecule has 21 heavy (non-hydrogen) atoms. The Bertz CT molecular complexity index is 652. The number of hydrogen-bond donors (Lipinski definition) is 1. The molecule has 112 valence electrons. The summed E-state index contributed by atoms with van der Waals surface area (Å²) in [6.07, 6.45) is 0. The molecule has 1 atom stereocenters. The standard InChI is InChI=1S/C17H23N3O/c1-11(2)12(3)20(5)17(21)15-10-13-8-6-7-9-14(13)16(18-4)19-15/h6-12H,1-5H3,(H,18,19). The first-order chi connectivity index (χ1) is 9.95. The molecule has 4 nitrogen and oxygen atoms in total. The lowest BCUT2D eigenvalue weighted by Gasteiger charge is -2.27. The Hall–Kier alpha value is -2.10.